The quantitative estimate of drug-likeness (QED) is 0.562. The number of ether oxygens (including phenoxy) is 1. The minimum Gasteiger partial charge on any atom is -0.388 e. The molecule has 1 atom stereocenters. The molecule has 0 amide bonds. The highest BCUT2D eigenvalue weighted by molar-refractivity contribution is 6.07. The van der Waals surface area contributed by atoms with Gasteiger partial charge in [-0.25, -0.2) is 5.01 Å². The molecule has 1 aliphatic rings. The SMILES string of the molecule is CCN(CC)CN=C(CN)N1CC(c2ccccc2)C(c2ccccc2)=N1.COC. The Bertz CT molecular complexity index is 788. The van der Waals surface area contributed by atoms with Crippen molar-refractivity contribution in [2.24, 2.45) is 15.8 Å². The molecule has 1 unspecified atom stereocenters. The van der Waals surface area contributed by atoms with Crippen LogP contribution in [-0.2, 0) is 4.74 Å². The first-order chi connectivity index (χ1) is 14.7. The number of nitrogens with two attached hydrogens (primary N) is 1. The van der Waals surface area contributed by atoms with E-state index in [-0.39, 0.29) is 5.92 Å². The molecule has 0 aromatic heterocycles. The highest BCUT2D eigenvalue weighted by Gasteiger charge is 2.30. The number of aliphatic imine (C=N–C) groups is 1. The standard InChI is InChI=1S/C22H29N5.C2H6O/c1-3-26(4-2)17-24-21(15-23)27-16-20(18-11-7-5-8-12-18)22(25-27)19-13-9-6-10-14-19;1-3-2/h5-14,20H,3-4,15-17,23H2,1-2H3;1-2H3. The van der Waals surface area contributed by atoms with Crippen LogP contribution in [0.15, 0.2) is 70.8 Å². The molecule has 162 valence electrons. The fraction of sp³-hybridized carbons (Fsp3) is 0.417. The summed E-state index contributed by atoms with van der Waals surface area (Å²) in [6, 6.07) is 20.9. The largest absolute Gasteiger partial charge is 0.388 e. The first-order valence-electron chi connectivity index (χ1n) is 10.5. The predicted octanol–water partition coefficient (Wildman–Crippen LogP) is 3.41. The monoisotopic (exact) mass is 409 g/mol. The van der Waals surface area contributed by atoms with Crippen LogP contribution in [0.2, 0.25) is 0 Å². The van der Waals surface area contributed by atoms with Gasteiger partial charge in [0.1, 0.15) is 5.84 Å². The Balaban J connectivity index is 0.00000101. The van der Waals surface area contributed by atoms with Crippen LogP contribution in [0.1, 0.15) is 30.9 Å². The molecule has 6 nitrogen and oxygen atoms in total. The molecular weight excluding hydrogens is 374 g/mol. The molecule has 0 fully saturated rings. The minimum absolute atomic E-state index is 0.207. The number of methoxy groups -OCH3 is 1. The minimum atomic E-state index is 0.207. The van der Waals surface area contributed by atoms with E-state index in [1.54, 1.807) is 14.2 Å². The second-order valence-electron chi connectivity index (χ2n) is 7.03. The third kappa shape index (κ3) is 6.49. The molecule has 30 heavy (non-hydrogen) atoms. The smallest absolute Gasteiger partial charge is 0.135 e. The summed E-state index contributed by atoms with van der Waals surface area (Å²) >= 11 is 0. The lowest BCUT2D eigenvalue weighted by Crippen LogP contribution is -2.34. The molecule has 3 rings (SSSR count). The Hall–Kier alpha value is -2.54. The summed E-state index contributed by atoms with van der Waals surface area (Å²) in [7, 11) is 3.25. The number of hydrogen-bond donors (Lipinski definition) is 1. The zero-order chi connectivity index (χ0) is 21.8. The summed E-state index contributed by atoms with van der Waals surface area (Å²) in [5, 5.41) is 6.93. The lowest BCUT2D eigenvalue weighted by Gasteiger charge is -2.20. The van der Waals surface area contributed by atoms with Gasteiger partial charge in [-0.3, -0.25) is 9.89 Å². The number of hydrazone groups is 1. The molecule has 0 bridgehead atoms. The van der Waals surface area contributed by atoms with Crippen molar-refractivity contribution in [2.75, 3.05) is 47.1 Å². The zero-order valence-corrected chi connectivity index (χ0v) is 18.7. The van der Waals surface area contributed by atoms with E-state index in [0.29, 0.717) is 13.2 Å². The Morgan fingerprint density at radius 3 is 2.17 bits per heavy atom. The molecule has 2 aromatic carbocycles. The maximum absolute atomic E-state index is 6.03. The van der Waals surface area contributed by atoms with E-state index >= 15 is 0 Å². The van der Waals surface area contributed by atoms with Gasteiger partial charge in [-0.2, -0.15) is 5.10 Å². The first-order valence-corrected chi connectivity index (χ1v) is 10.5. The normalized spacial score (nSPS) is 16.3. The molecule has 0 spiro atoms. The van der Waals surface area contributed by atoms with Crippen LogP contribution in [0, 0.1) is 0 Å². The topological polar surface area (TPSA) is 66.5 Å². The van der Waals surface area contributed by atoms with Crippen molar-refractivity contribution in [2.45, 2.75) is 19.8 Å². The number of rotatable bonds is 7. The van der Waals surface area contributed by atoms with Crippen molar-refractivity contribution in [1.82, 2.24) is 9.91 Å². The molecule has 2 aromatic rings. The lowest BCUT2D eigenvalue weighted by molar-refractivity contribution is 0.277. The van der Waals surface area contributed by atoms with E-state index in [1.807, 2.05) is 17.1 Å². The predicted molar refractivity (Wildman–Crippen MR) is 126 cm³/mol. The molecule has 2 N–H and O–H groups in total. The van der Waals surface area contributed by atoms with Crippen molar-refractivity contribution < 1.29 is 4.74 Å². The fourth-order valence-electron chi connectivity index (χ4n) is 3.34. The van der Waals surface area contributed by atoms with Crippen molar-refractivity contribution in [3.63, 3.8) is 0 Å². The number of nitrogens with zero attached hydrogens (tertiary/aromatic N) is 4. The summed E-state index contributed by atoms with van der Waals surface area (Å²) in [6.07, 6.45) is 0. The molecule has 1 aliphatic heterocycles. The van der Waals surface area contributed by atoms with Crippen LogP contribution in [0.4, 0.5) is 0 Å². The van der Waals surface area contributed by atoms with Gasteiger partial charge >= 0.3 is 0 Å². The molecule has 0 saturated heterocycles. The van der Waals surface area contributed by atoms with Gasteiger partial charge in [0.15, 0.2) is 0 Å². The van der Waals surface area contributed by atoms with Gasteiger partial charge in [0.05, 0.1) is 25.5 Å². The van der Waals surface area contributed by atoms with Gasteiger partial charge in [0, 0.05) is 20.1 Å². The van der Waals surface area contributed by atoms with Crippen molar-refractivity contribution in [3.8, 4) is 0 Å². The van der Waals surface area contributed by atoms with Gasteiger partial charge in [0.2, 0.25) is 0 Å². The van der Waals surface area contributed by atoms with Crippen LogP contribution in [0.25, 0.3) is 0 Å². The fourth-order valence-corrected chi connectivity index (χ4v) is 3.34. The summed E-state index contributed by atoms with van der Waals surface area (Å²) < 4.78 is 4.25. The van der Waals surface area contributed by atoms with E-state index < -0.39 is 0 Å². The van der Waals surface area contributed by atoms with Gasteiger partial charge < -0.3 is 10.5 Å². The van der Waals surface area contributed by atoms with Gasteiger partial charge in [-0.05, 0) is 24.2 Å². The van der Waals surface area contributed by atoms with E-state index in [2.05, 4.69) is 72.0 Å². The van der Waals surface area contributed by atoms with E-state index in [9.17, 15) is 0 Å². The Morgan fingerprint density at radius 1 is 1.07 bits per heavy atom. The van der Waals surface area contributed by atoms with Gasteiger partial charge in [-0.15, -0.1) is 0 Å². The Kier molecular flexibility index (Phi) is 10.2. The van der Waals surface area contributed by atoms with Gasteiger partial charge in [0.25, 0.3) is 0 Å². The lowest BCUT2D eigenvalue weighted by atomic mass is 9.91. The second kappa shape index (κ2) is 12.9. The third-order valence-corrected chi connectivity index (χ3v) is 5.01. The molecule has 0 radical (unpaired) electrons. The molecule has 1 heterocycles. The Morgan fingerprint density at radius 2 is 1.63 bits per heavy atom. The molecule has 0 saturated carbocycles. The molecule has 6 heteroatoms. The van der Waals surface area contributed by atoms with Crippen molar-refractivity contribution >= 4 is 11.5 Å². The maximum Gasteiger partial charge on any atom is 0.135 e. The summed E-state index contributed by atoms with van der Waals surface area (Å²) in [6.45, 7) is 8.05. The van der Waals surface area contributed by atoms with Crippen LogP contribution in [0.5, 0.6) is 0 Å². The van der Waals surface area contributed by atoms with Crippen LogP contribution >= 0.6 is 0 Å². The molecular formula is C24H35N5O. The van der Waals surface area contributed by atoms with Crippen molar-refractivity contribution in [3.05, 3.63) is 71.8 Å². The van der Waals surface area contributed by atoms with Crippen LogP contribution in [-0.4, -0.2) is 68.5 Å². The van der Waals surface area contributed by atoms with E-state index in [0.717, 1.165) is 36.7 Å². The van der Waals surface area contributed by atoms with Gasteiger partial charge in [-0.1, -0.05) is 74.5 Å². The van der Waals surface area contributed by atoms with Crippen LogP contribution < -0.4 is 5.73 Å². The van der Waals surface area contributed by atoms with E-state index in [4.69, 9.17) is 15.8 Å². The average molecular weight is 410 g/mol. The number of hydrogen-bond acceptors (Lipinski definition) is 5. The first kappa shape index (κ1) is 23.7. The van der Waals surface area contributed by atoms with Crippen LogP contribution in [0.3, 0.4) is 0 Å². The highest BCUT2D eigenvalue weighted by Crippen LogP contribution is 2.28. The third-order valence-electron chi connectivity index (χ3n) is 5.01. The summed E-state index contributed by atoms with van der Waals surface area (Å²) in [5.74, 6) is 1.05. The average Bonchev–Trinajstić information content (AvgIpc) is 3.24. The second-order valence-corrected chi connectivity index (χ2v) is 7.03. The highest BCUT2D eigenvalue weighted by atomic mass is 16.4. The Labute approximate surface area is 181 Å². The maximum atomic E-state index is 6.03. The number of amidine groups is 1. The summed E-state index contributed by atoms with van der Waals surface area (Å²) in [4.78, 5) is 7.02. The number of benzene rings is 2. The molecule has 0 aliphatic carbocycles. The van der Waals surface area contributed by atoms with Crippen molar-refractivity contribution in [1.29, 1.82) is 0 Å². The van der Waals surface area contributed by atoms with E-state index in [1.165, 1.54) is 5.56 Å². The summed E-state index contributed by atoms with van der Waals surface area (Å²) in [5.41, 5.74) is 9.52. The zero-order valence-electron chi connectivity index (χ0n) is 18.7.